The summed E-state index contributed by atoms with van der Waals surface area (Å²) >= 11 is 3.52. The van der Waals surface area contributed by atoms with E-state index in [2.05, 4.69) is 35.0 Å². The highest BCUT2D eigenvalue weighted by atomic mass is 79.9. The Kier molecular flexibility index (Phi) is 3.91. The molecule has 2 nitrogen and oxygen atoms in total. The van der Waals surface area contributed by atoms with Gasteiger partial charge in [-0.1, -0.05) is 15.9 Å². The van der Waals surface area contributed by atoms with Gasteiger partial charge in [0.1, 0.15) is 5.84 Å². The highest BCUT2D eigenvalue weighted by Gasteiger charge is 2.11. The highest BCUT2D eigenvalue weighted by Crippen LogP contribution is 2.22. The lowest BCUT2D eigenvalue weighted by atomic mass is 10.0. The third-order valence-corrected chi connectivity index (χ3v) is 3.42. The van der Waals surface area contributed by atoms with Crippen LogP contribution in [0, 0.1) is 19.3 Å². The predicted molar refractivity (Wildman–Crippen MR) is 68.7 cm³/mol. The zero-order chi connectivity index (χ0) is 11.6. The molecule has 0 atom stereocenters. The Bertz CT molecular complexity index is 385. The van der Waals surface area contributed by atoms with Crippen molar-refractivity contribution in [3.05, 3.63) is 33.3 Å². The number of nitrogens with one attached hydrogen (secondary N) is 1. The molecule has 0 aliphatic heterocycles. The molecule has 0 radical (unpaired) electrons. The lowest BCUT2D eigenvalue weighted by molar-refractivity contribution is 0.532. The zero-order valence-electron chi connectivity index (χ0n) is 9.69. The van der Waals surface area contributed by atoms with Crippen LogP contribution in [-0.2, 0) is 0 Å². The molecule has 82 valence electrons. The molecule has 0 fully saturated rings. The van der Waals surface area contributed by atoms with Crippen molar-refractivity contribution in [1.82, 2.24) is 4.90 Å². The van der Waals surface area contributed by atoms with Gasteiger partial charge in [0.25, 0.3) is 0 Å². The zero-order valence-corrected chi connectivity index (χ0v) is 11.3. The molecule has 0 aliphatic carbocycles. The van der Waals surface area contributed by atoms with E-state index in [1.165, 1.54) is 5.56 Å². The summed E-state index contributed by atoms with van der Waals surface area (Å²) in [6, 6.07) is 4.15. The Morgan fingerprint density at radius 3 is 2.53 bits per heavy atom. The molecule has 0 spiro atoms. The third kappa shape index (κ3) is 2.59. The van der Waals surface area contributed by atoms with Gasteiger partial charge in [-0.15, -0.1) is 0 Å². The van der Waals surface area contributed by atoms with Gasteiger partial charge in [-0.3, -0.25) is 5.41 Å². The first-order chi connectivity index (χ1) is 6.97. The molecule has 1 N–H and O–H groups in total. The minimum Gasteiger partial charge on any atom is -0.360 e. The molecule has 1 rings (SSSR count). The summed E-state index contributed by atoms with van der Waals surface area (Å²) in [5, 5.41) is 8.07. The lowest BCUT2D eigenvalue weighted by Gasteiger charge is -2.20. The molecule has 0 bridgehead atoms. The van der Waals surface area contributed by atoms with Crippen LogP contribution in [0.25, 0.3) is 0 Å². The van der Waals surface area contributed by atoms with E-state index in [-0.39, 0.29) is 0 Å². The summed E-state index contributed by atoms with van der Waals surface area (Å²) < 4.78 is 1.08. The molecule has 0 aromatic heterocycles. The lowest BCUT2D eigenvalue weighted by Crippen LogP contribution is -2.27. The standard InChI is InChI=1S/C12H17BrN2/c1-5-15(4)12(14)10-6-8(2)7-11(13)9(10)3/h6-7,14H,5H2,1-4H3. The van der Waals surface area contributed by atoms with E-state index in [9.17, 15) is 0 Å². The Labute approximate surface area is 99.9 Å². The second-order valence-electron chi connectivity index (χ2n) is 3.78. The van der Waals surface area contributed by atoms with Gasteiger partial charge in [-0.05, 0) is 44.0 Å². The molecule has 3 heteroatoms. The quantitative estimate of drug-likeness (QED) is 0.647. The molecule has 0 saturated heterocycles. The number of aryl methyl sites for hydroxylation is 1. The number of halogens is 1. The summed E-state index contributed by atoms with van der Waals surface area (Å²) in [6.07, 6.45) is 0. The number of hydrogen-bond donors (Lipinski definition) is 1. The maximum Gasteiger partial charge on any atom is 0.128 e. The van der Waals surface area contributed by atoms with Crippen molar-refractivity contribution < 1.29 is 0 Å². The maximum absolute atomic E-state index is 8.07. The van der Waals surface area contributed by atoms with Crippen LogP contribution in [0.2, 0.25) is 0 Å². The van der Waals surface area contributed by atoms with Crippen LogP contribution in [-0.4, -0.2) is 24.3 Å². The number of benzene rings is 1. The molecule has 0 amide bonds. The summed E-state index contributed by atoms with van der Waals surface area (Å²) in [5.41, 5.74) is 3.31. The minimum atomic E-state index is 0.583. The monoisotopic (exact) mass is 268 g/mol. The van der Waals surface area contributed by atoms with Crippen molar-refractivity contribution in [2.75, 3.05) is 13.6 Å². The van der Waals surface area contributed by atoms with E-state index in [1.807, 2.05) is 25.8 Å². The molecule has 0 heterocycles. The largest absolute Gasteiger partial charge is 0.360 e. The van der Waals surface area contributed by atoms with E-state index in [4.69, 9.17) is 5.41 Å². The summed E-state index contributed by atoms with van der Waals surface area (Å²) in [7, 11) is 1.94. The van der Waals surface area contributed by atoms with Crippen molar-refractivity contribution in [2.45, 2.75) is 20.8 Å². The van der Waals surface area contributed by atoms with Crippen molar-refractivity contribution in [2.24, 2.45) is 0 Å². The molecule has 1 aromatic rings. The summed E-state index contributed by atoms with van der Waals surface area (Å²) in [5.74, 6) is 0.583. The first-order valence-corrected chi connectivity index (χ1v) is 5.83. The van der Waals surface area contributed by atoms with Crippen molar-refractivity contribution >= 4 is 21.8 Å². The molecular weight excluding hydrogens is 252 g/mol. The van der Waals surface area contributed by atoms with Gasteiger partial charge >= 0.3 is 0 Å². The van der Waals surface area contributed by atoms with Crippen molar-refractivity contribution in [1.29, 1.82) is 5.41 Å². The number of hydrogen-bond acceptors (Lipinski definition) is 1. The Morgan fingerprint density at radius 2 is 2.00 bits per heavy atom. The number of rotatable bonds is 2. The Balaban J connectivity index is 3.19. The molecule has 0 unspecified atom stereocenters. The molecule has 0 aliphatic rings. The average molecular weight is 269 g/mol. The van der Waals surface area contributed by atoms with Crippen LogP contribution in [0.5, 0.6) is 0 Å². The Hall–Kier alpha value is -0.830. The molecule has 0 saturated carbocycles. The fraction of sp³-hybridized carbons (Fsp3) is 0.417. The molecule has 1 aromatic carbocycles. The first-order valence-electron chi connectivity index (χ1n) is 5.04. The van der Waals surface area contributed by atoms with Crippen molar-refractivity contribution in [3.8, 4) is 0 Å². The molecular formula is C12H17BrN2. The maximum atomic E-state index is 8.07. The van der Waals surface area contributed by atoms with E-state index in [0.29, 0.717) is 5.84 Å². The normalized spacial score (nSPS) is 10.2. The van der Waals surface area contributed by atoms with Crippen LogP contribution in [0.3, 0.4) is 0 Å². The van der Waals surface area contributed by atoms with Gasteiger partial charge in [0.05, 0.1) is 0 Å². The van der Waals surface area contributed by atoms with Crippen LogP contribution in [0.15, 0.2) is 16.6 Å². The SMILES string of the molecule is CCN(C)C(=N)c1cc(C)cc(Br)c1C. The van der Waals surface area contributed by atoms with Crippen LogP contribution in [0.4, 0.5) is 0 Å². The topological polar surface area (TPSA) is 27.1 Å². The highest BCUT2D eigenvalue weighted by molar-refractivity contribution is 9.10. The smallest absolute Gasteiger partial charge is 0.128 e. The van der Waals surface area contributed by atoms with Crippen molar-refractivity contribution in [3.63, 3.8) is 0 Å². The van der Waals surface area contributed by atoms with Gasteiger partial charge in [0.15, 0.2) is 0 Å². The van der Waals surface area contributed by atoms with E-state index in [0.717, 1.165) is 22.1 Å². The second kappa shape index (κ2) is 4.79. The Morgan fingerprint density at radius 1 is 1.40 bits per heavy atom. The van der Waals surface area contributed by atoms with Gasteiger partial charge in [0.2, 0.25) is 0 Å². The number of amidine groups is 1. The van der Waals surface area contributed by atoms with Gasteiger partial charge in [-0.25, -0.2) is 0 Å². The van der Waals surface area contributed by atoms with Gasteiger partial charge in [-0.2, -0.15) is 0 Å². The number of nitrogens with zero attached hydrogens (tertiary/aromatic N) is 1. The minimum absolute atomic E-state index is 0.583. The average Bonchev–Trinajstić information content (AvgIpc) is 2.21. The van der Waals surface area contributed by atoms with E-state index < -0.39 is 0 Å². The summed E-state index contributed by atoms with van der Waals surface area (Å²) in [6.45, 7) is 6.99. The van der Waals surface area contributed by atoms with Crippen LogP contribution in [0.1, 0.15) is 23.6 Å². The first kappa shape index (κ1) is 12.2. The van der Waals surface area contributed by atoms with Gasteiger partial charge < -0.3 is 4.90 Å². The van der Waals surface area contributed by atoms with Crippen LogP contribution >= 0.6 is 15.9 Å². The predicted octanol–water partition coefficient (Wildman–Crippen LogP) is 3.34. The van der Waals surface area contributed by atoms with E-state index in [1.54, 1.807) is 0 Å². The van der Waals surface area contributed by atoms with Gasteiger partial charge in [0, 0.05) is 23.6 Å². The fourth-order valence-electron chi connectivity index (χ4n) is 1.42. The fourth-order valence-corrected chi connectivity index (χ4v) is 2.00. The van der Waals surface area contributed by atoms with E-state index >= 15 is 0 Å². The summed E-state index contributed by atoms with van der Waals surface area (Å²) in [4.78, 5) is 1.94. The second-order valence-corrected chi connectivity index (χ2v) is 4.64. The molecule has 15 heavy (non-hydrogen) atoms. The third-order valence-electron chi connectivity index (χ3n) is 2.60. The van der Waals surface area contributed by atoms with Crippen LogP contribution < -0.4 is 0 Å².